The topological polar surface area (TPSA) is 65.1 Å². The van der Waals surface area contributed by atoms with Crippen molar-refractivity contribution in [1.82, 2.24) is 4.90 Å². The number of ether oxygens (including phenoxy) is 1. The minimum atomic E-state index is -1.66. The molecule has 0 aromatic carbocycles. The summed E-state index contributed by atoms with van der Waals surface area (Å²) in [6, 6.07) is 0. The lowest BCUT2D eigenvalue weighted by atomic mass is 10.2. The van der Waals surface area contributed by atoms with Gasteiger partial charge in [-0.2, -0.15) is 4.21 Å². The van der Waals surface area contributed by atoms with Gasteiger partial charge in [-0.05, 0) is 20.8 Å². The molecule has 6 nitrogen and oxygen atoms in total. The molecule has 2 saturated heterocycles. The second kappa shape index (κ2) is 3.97. The van der Waals surface area contributed by atoms with Crippen LogP contribution in [0.4, 0.5) is 4.79 Å². The molecular formula is C9H15NO5S. The quantitative estimate of drug-likeness (QED) is 0.629. The fraction of sp³-hybridized carbons (Fsp3) is 0.889. The van der Waals surface area contributed by atoms with Crippen LogP contribution in [-0.2, 0) is 24.5 Å². The number of nitrogens with zero attached hydrogens (tertiary/aromatic N) is 1. The van der Waals surface area contributed by atoms with E-state index < -0.39 is 17.0 Å². The number of carbonyl (C=O) groups excluding carboxylic acids is 1. The van der Waals surface area contributed by atoms with Gasteiger partial charge in [0, 0.05) is 0 Å². The number of carbonyl (C=O) groups is 1. The average Bonchev–Trinajstić information content (AvgIpc) is 2.56. The number of hydrogen-bond acceptors (Lipinski definition) is 5. The number of hydrogen-bond donors (Lipinski definition) is 0. The van der Waals surface area contributed by atoms with Crippen molar-refractivity contribution in [2.24, 2.45) is 0 Å². The number of fused-ring (bicyclic) bond motifs is 1. The van der Waals surface area contributed by atoms with Crippen molar-refractivity contribution in [2.45, 2.75) is 38.6 Å². The molecule has 92 valence electrons. The van der Waals surface area contributed by atoms with Crippen molar-refractivity contribution < 1.29 is 22.1 Å². The van der Waals surface area contributed by atoms with Crippen LogP contribution >= 0.6 is 0 Å². The molecule has 2 fully saturated rings. The van der Waals surface area contributed by atoms with Gasteiger partial charge in [0.2, 0.25) is 0 Å². The summed E-state index contributed by atoms with van der Waals surface area (Å²) in [5.41, 5.74) is -0.515. The molecule has 2 heterocycles. The van der Waals surface area contributed by atoms with E-state index in [1.165, 1.54) is 4.90 Å². The van der Waals surface area contributed by atoms with E-state index >= 15 is 0 Å². The van der Waals surface area contributed by atoms with Crippen LogP contribution in [0.25, 0.3) is 0 Å². The molecule has 1 amide bonds. The first-order valence-electron chi connectivity index (χ1n) is 5.09. The van der Waals surface area contributed by atoms with E-state index in [1.807, 2.05) is 20.8 Å². The molecule has 0 aromatic heterocycles. The Morgan fingerprint density at radius 2 is 1.81 bits per heavy atom. The second-order valence-electron chi connectivity index (χ2n) is 4.86. The van der Waals surface area contributed by atoms with E-state index in [9.17, 15) is 9.00 Å². The molecule has 0 saturated carbocycles. The smallest absolute Gasteiger partial charge is 0.410 e. The van der Waals surface area contributed by atoms with E-state index in [1.54, 1.807) is 0 Å². The molecule has 3 atom stereocenters. The first-order valence-corrected chi connectivity index (χ1v) is 6.09. The maximum absolute atomic E-state index is 11.7. The molecule has 16 heavy (non-hydrogen) atoms. The van der Waals surface area contributed by atoms with Gasteiger partial charge in [-0.15, -0.1) is 0 Å². The minimum absolute atomic E-state index is 0.298. The maximum atomic E-state index is 11.7. The molecule has 0 bridgehead atoms. The third kappa shape index (κ3) is 2.53. The van der Waals surface area contributed by atoms with Crippen LogP contribution in [-0.4, -0.2) is 46.1 Å². The normalized spacial score (nSPS) is 33.9. The lowest BCUT2D eigenvalue weighted by molar-refractivity contribution is 0.0264. The Hall–Kier alpha value is -0.660. The Bertz CT molecular complexity index is 310. The predicted molar refractivity (Wildman–Crippen MR) is 55.7 cm³/mol. The summed E-state index contributed by atoms with van der Waals surface area (Å²) in [7, 11) is 0. The van der Waals surface area contributed by atoms with Crippen molar-refractivity contribution in [3.8, 4) is 0 Å². The Morgan fingerprint density at radius 1 is 1.31 bits per heavy atom. The molecule has 0 radical (unpaired) electrons. The van der Waals surface area contributed by atoms with Crippen LogP contribution in [0.15, 0.2) is 0 Å². The fourth-order valence-corrected chi connectivity index (χ4v) is 2.45. The van der Waals surface area contributed by atoms with E-state index in [0.717, 1.165) is 0 Å². The van der Waals surface area contributed by atoms with E-state index in [4.69, 9.17) is 13.1 Å². The van der Waals surface area contributed by atoms with Crippen molar-refractivity contribution in [1.29, 1.82) is 0 Å². The lowest BCUT2D eigenvalue weighted by Crippen LogP contribution is -2.36. The molecule has 2 rings (SSSR count). The zero-order chi connectivity index (χ0) is 11.9. The van der Waals surface area contributed by atoms with E-state index in [-0.39, 0.29) is 18.3 Å². The average molecular weight is 249 g/mol. The second-order valence-corrected chi connectivity index (χ2v) is 5.65. The highest BCUT2D eigenvalue weighted by Gasteiger charge is 2.45. The largest absolute Gasteiger partial charge is 0.444 e. The summed E-state index contributed by atoms with van der Waals surface area (Å²) < 4.78 is 26.1. The SMILES string of the molecule is CC(C)(C)OC(=O)N1C[C@@H]2OS(=O)O[C@@H]2C1. The summed E-state index contributed by atoms with van der Waals surface area (Å²) in [6.45, 7) is 6.16. The monoisotopic (exact) mass is 249 g/mol. The Balaban J connectivity index is 1.90. The highest BCUT2D eigenvalue weighted by atomic mass is 32.2. The highest BCUT2D eigenvalue weighted by Crippen LogP contribution is 2.26. The number of amides is 1. The third-order valence-corrected chi connectivity index (χ3v) is 3.08. The van der Waals surface area contributed by atoms with Crippen molar-refractivity contribution in [3.05, 3.63) is 0 Å². The third-order valence-electron chi connectivity index (χ3n) is 2.27. The maximum Gasteiger partial charge on any atom is 0.410 e. The van der Waals surface area contributed by atoms with Gasteiger partial charge in [0.1, 0.15) is 17.8 Å². The van der Waals surface area contributed by atoms with Crippen molar-refractivity contribution in [3.63, 3.8) is 0 Å². The Morgan fingerprint density at radius 3 is 2.25 bits per heavy atom. The Kier molecular flexibility index (Phi) is 2.93. The minimum Gasteiger partial charge on any atom is -0.444 e. The van der Waals surface area contributed by atoms with Crippen LogP contribution in [0.3, 0.4) is 0 Å². The standard InChI is InChI=1S/C9H15NO5S/c1-9(2,3)13-8(11)10-4-6-7(5-10)15-16(12)14-6/h6-7H,4-5H2,1-3H3/t6-,7+,16?. The van der Waals surface area contributed by atoms with Gasteiger partial charge >= 0.3 is 17.5 Å². The van der Waals surface area contributed by atoms with Crippen LogP contribution in [0, 0.1) is 0 Å². The van der Waals surface area contributed by atoms with Gasteiger partial charge in [0.05, 0.1) is 13.1 Å². The van der Waals surface area contributed by atoms with Gasteiger partial charge in [0.15, 0.2) is 0 Å². The van der Waals surface area contributed by atoms with Gasteiger partial charge in [-0.3, -0.25) is 8.37 Å². The van der Waals surface area contributed by atoms with Crippen LogP contribution in [0.5, 0.6) is 0 Å². The molecule has 2 aliphatic rings. The molecular weight excluding hydrogens is 234 g/mol. The van der Waals surface area contributed by atoms with E-state index in [0.29, 0.717) is 13.1 Å². The molecule has 0 aliphatic carbocycles. The van der Waals surface area contributed by atoms with Crippen LogP contribution in [0.1, 0.15) is 20.8 Å². The number of rotatable bonds is 0. The first kappa shape index (κ1) is 11.8. The predicted octanol–water partition coefficient (Wildman–Crippen LogP) is 0.600. The molecule has 7 heteroatoms. The summed E-state index contributed by atoms with van der Waals surface area (Å²) in [5.74, 6) is 0. The zero-order valence-electron chi connectivity index (χ0n) is 9.47. The first-order chi connectivity index (χ1) is 7.35. The summed E-state index contributed by atoms with van der Waals surface area (Å²) in [5, 5.41) is 0. The van der Waals surface area contributed by atoms with Gasteiger partial charge in [-0.1, -0.05) is 0 Å². The molecule has 1 unspecified atom stereocenters. The number of likely N-dealkylation sites (tertiary alicyclic amines) is 1. The fourth-order valence-electron chi connectivity index (χ4n) is 1.63. The zero-order valence-corrected chi connectivity index (χ0v) is 10.3. The van der Waals surface area contributed by atoms with Crippen molar-refractivity contribution in [2.75, 3.05) is 13.1 Å². The van der Waals surface area contributed by atoms with Crippen LogP contribution in [0.2, 0.25) is 0 Å². The van der Waals surface area contributed by atoms with Crippen LogP contribution < -0.4 is 0 Å². The van der Waals surface area contributed by atoms with Gasteiger partial charge in [-0.25, -0.2) is 4.79 Å². The summed E-state index contributed by atoms with van der Waals surface area (Å²) >= 11 is -1.66. The van der Waals surface area contributed by atoms with Gasteiger partial charge in [0.25, 0.3) is 0 Å². The van der Waals surface area contributed by atoms with E-state index in [2.05, 4.69) is 0 Å². The Labute approximate surface area is 96.7 Å². The molecule has 0 N–H and O–H groups in total. The summed E-state index contributed by atoms with van der Waals surface area (Å²) in [4.78, 5) is 13.2. The summed E-state index contributed by atoms with van der Waals surface area (Å²) in [6.07, 6.45) is -0.985. The lowest BCUT2D eigenvalue weighted by Gasteiger charge is -2.24. The van der Waals surface area contributed by atoms with Crippen molar-refractivity contribution >= 4 is 17.5 Å². The molecule has 2 aliphatic heterocycles. The van der Waals surface area contributed by atoms with Gasteiger partial charge < -0.3 is 9.64 Å². The molecule has 0 aromatic rings. The molecule has 0 spiro atoms. The highest BCUT2D eigenvalue weighted by molar-refractivity contribution is 7.75.